The number of aromatic nitrogens is 4. The van der Waals surface area contributed by atoms with Gasteiger partial charge in [0, 0.05) is 50.2 Å². The number of alkyl halides is 2. The zero-order valence-electron chi connectivity index (χ0n) is 21.2. The lowest BCUT2D eigenvalue weighted by molar-refractivity contribution is -0.0575. The van der Waals surface area contributed by atoms with Crippen LogP contribution in [0.15, 0.2) is 65.6 Å². The number of carbonyl (C=O) groups excluding carboxylic acids is 2. The number of halogens is 3. The molecule has 0 aliphatic carbocycles. The highest BCUT2D eigenvalue weighted by Gasteiger charge is 2.34. The molecule has 0 bridgehead atoms. The van der Waals surface area contributed by atoms with Crippen LogP contribution >= 0.6 is 0 Å². The van der Waals surface area contributed by atoms with Gasteiger partial charge in [0.1, 0.15) is 0 Å². The number of pyridine rings is 1. The van der Waals surface area contributed by atoms with E-state index in [-0.39, 0.29) is 36.1 Å². The van der Waals surface area contributed by atoms with Crippen molar-refractivity contribution in [1.82, 2.24) is 24.6 Å². The molecule has 206 valence electrons. The van der Waals surface area contributed by atoms with Crippen molar-refractivity contribution in [3.63, 3.8) is 0 Å². The summed E-state index contributed by atoms with van der Waals surface area (Å²) >= 11 is 0. The van der Waals surface area contributed by atoms with Crippen LogP contribution in [-0.2, 0) is 7.05 Å². The molecule has 2 aromatic carbocycles. The summed E-state index contributed by atoms with van der Waals surface area (Å²) in [4.78, 5) is 44.4. The number of rotatable bonds is 7. The minimum Gasteiger partial charge on any atom is -0.401 e. The summed E-state index contributed by atoms with van der Waals surface area (Å²) in [5, 5.41) is 6.20. The number of nitrogens with zero attached hydrogens (tertiary/aromatic N) is 6. The summed E-state index contributed by atoms with van der Waals surface area (Å²) in [6.07, 6.45) is 1.37. The second kappa shape index (κ2) is 10.6. The van der Waals surface area contributed by atoms with Gasteiger partial charge in [-0.1, -0.05) is 18.2 Å². The first kappa shape index (κ1) is 26.5. The molecule has 40 heavy (non-hydrogen) atoms. The smallest absolute Gasteiger partial charge is 0.389 e. The molecular weight excluding hydrogens is 531 g/mol. The van der Waals surface area contributed by atoms with Crippen molar-refractivity contribution in [2.24, 2.45) is 7.05 Å². The van der Waals surface area contributed by atoms with Crippen molar-refractivity contribution in [3.8, 4) is 22.8 Å². The highest BCUT2D eigenvalue weighted by Crippen LogP contribution is 2.32. The Kier molecular flexibility index (Phi) is 6.98. The molecule has 5 rings (SSSR count). The number of carbonyl (C=O) groups is 2. The maximum Gasteiger partial charge on any atom is 0.389 e. The van der Waals surface area contributed by atoms with Crippen LogP contribution in [0.25, 0.3) is 16.8 Å². The Hall–Kier alpha value is -5.14. The number of urea groups is 1. The second-order valence-corrected chi connectivity index (χ2v) is 8.66. The molecule has 11 nitrogen and oxygen atoms in total. The fourth-order valence-electron chi connectivity index (χ4n) is 4.39. The molecule has 2 aromatic heterocycles. The van der Waals surface area contributed by atoms with Crippen molar-refractivity contribution in [2.45, 2.75) is 6.61 Å². The molecule has 0 unspecified atom stereocenters. The lowest BCUT2D eigenvalue weighted by Gasteiger charge is -2.19. The van der Waals surface area contributed by atoms with E-state index in [1.54, 1.807) is 24.3 Å². The largest absolute Gasteiger partial charge is 0.401 e. The number of ether oxygens (including phenoxy) is 1. The molecule has 1 N–H and O–H groups in total. The number of benzene rings is 2. The first-order chi connectivity index (χ1) is 19.2. The van der Waals surface area contributed by atoms with Crippen molar-refractivity contribution in [1.29, 1.82) is 0 Å². The molecule has 1 fully saturated rings. The fraction of sp³-hybridized carbons (Fsp3) is 0.192. The van der Waals surface area contributed by atoms with Crippen LogP contribution in [0.2, 0.25) is 0 Å². The van der Waals surface area contributed by atoms with Crippen LogP contribution in [-0.4, -0.2) is 58.0 Å². The predicted octanol–water partition coefficient (Wildman–Crippen LogP) is 3.18. The summed E-state index contributed by atoms with van der Waals surface area (Å²) in [6.45, 7) is -2.78. The molecule has 14 heteroatoms. The average Bonchev–Trinajstić information content (AvgIpc) is 3.46. The van der Waals surface area contributed by atoms with Crippen LogP contribution in [0, 0.1) is 5.82 Å². The molecule has 3 amide bonds. The molecule has 1 saturated heterocycles. The third kappa shape index (κ3) is 4.74. The Labute approximate surface area is 225 Å². The Morgan fingerprint density at radius 1 is 1.02 bits per heavy atom. The normalized spacial score (nSPS) is 13.3. The summed E-state index contributed by atoms with van der Waals surface area (Å²) < 4.78 is 47.4. The molecule has 1 aliphatic heterocycles. The van der Waals surface area contributed by atoms with Gasteiger partial charge in [0.2, 0.25) is 0 Å². The second-order valence-electron chi connectivity index (χ2n) is 8.66. The van der Waals surface area contributed by atoms with Crippen molar-refractivity contribution < 1.29 is 27.5 Å². The number of nitrogens with one attached hydrogen (secondary N) is 1. The van der Waals surface area contributed by atoms with E-state index >= 15 is 4.39 Å². The van der Waals surface area contributed by atoms with Gasteiger partial charge in [-0.15, -0.1) is 5.10 Å². The van der Waals surface area contributed by atoms with Crippen molar-refractivity contribution in [2.75, 3.05) is 29.9 Å². The number of hydrogen-bond donors (Lipinski definition) is 1. The third-order valence-corrected chi connectivity index (χ3v) is 6.31. The van der Waals surface area contributed by atoms with E-state index in [0.29, 0.717) is 16.8 Å². The van der Waals surface area contributed by atoms with Crippen LogP contribution in [0.5, 0.6) is 6.01 Å². The van der Waals surface area contributed by atoms with Crippen LogP contribution in [0.3, 0.4) is 0 Å². The quantitative estimate of drug-likeness (QED) is 0.376. The van der Waals surface area contributed by atoms with Gasteiger partial charge in [-0.3, -0.25) is 14.6 Å². The molecule has 1 aliphatic rings. The summed E-state index contributed by atoms with van der Waals surface area (Å²) in [5.74, 6) is -1.22. The summed E-state index contributed by atoms with van der Waals surface area (Å²) in [6, 6.07) is 12.7. The Morgan fingerprint density at radius 3 is 2.45 bits per heavy atom. The first-order valence-electron chi connectivity index (χ1n) is 12.0. The van der Waals surface area contributed by atoms with Gasteiger partial charge >= 0.3 is 24.3 Å². The number of amides is 3. The number of hydrogen-bond acceptors (Lipinski definition) is 6. The molecular formula is C26H22F3N7O4. The molecule has 0 saturated carbocycles. The molecule has 4 aromatic rings. The van der Waals surface area contributed by atoms with Crippen LogP contribution in [0.1, 0.15) is 10.4 Å². The standard InChI is InChI=1S/C26H22F3N7O4/c1-30-22(37)16-4-3-5-18(14-16)34-12-13-35(26(34)39)21-20(27)19(10-11-31-21)15-6-8-17(9-7-15)36-24(40-23(28)29)32-33(2)25(36)38/h3-11,14,23H,12-13H2,1-2H3,(H,30,37). The predicted molar refractivity (Wildman–Crippen MR) is 139 cm³/mol. The van der Waals surface area contributed by atoms with E-state index in [1.807, 2.05) is 0 Å². The number of aryl methyl sites for hydroxylation is 1. The van der Waals surface area contributed by atoms with Gasteiger partial charge in [0.05, 0.1) is 5.69 Å². The molecule has 0 atom stereocenters. The molecule has 0 radical (unpaired) electrons. The van der Waals surface area contributed by atoms with Gasteiger partial charge in [-0.2, -0.15) is 8.78 Å². The first-order valence-corrected chi connectivity index (χ1v) is 12.0. The maximum atomic E-state index is 15.7. The number of anilines is 2. The van der Waals surface area contributed by atoms with Gasteiger partial charge in [0.25, 0.3) is 5.91 Å². The van der Waals surface area contributed by atoms with E-state index in [4.69, 9.17) is 0 Å². The minimum absolute atomic E-state index is 0.131. The zero-order chi connectivity index (χ0) is 28.6. The highest BCUT2D eigenvalue weighted by molar-refractivity contribution is 6.06. The molecule has 0 spiro atoms. The SMILES string of the molecule is CNC(=O)c1cccc(N2CCN(c3nccc(-c4ccc(-n5c(OC(F)F)nn(C)c5=O)cc4)c3F)C2=O)c1. The average molecular weight is 554 g/mol. The van der Waals surface area contributed by atoms with E-state index in [2.05, 4.69) is 20.1 Å². The monoisotopic (exact) mass is 553 g/mol. The van der Waals surface area contributed by atoms with Gasteiger partial charge in [0.15, 0.2) is 11.6 Å². The topological polar surface area (TPSA) is 115 Å². The Bertz CT molecular complexity index is 1650. The van der Waals surface area contributed by atoms with Crippen molar-refractivity contribution >= 4 is 23.4 Å². The summed E-state index contributed by atoms with van der Waals surface area (Å²) in [7, 11) is 2.80. The van der Waals surface area contributed by atoms with E-state index < -0.39 is 30.2 Å². The lowest BCUT2D eigenvalue weighted by Crippen LogP contribution is -2.33. The summed E-state index contributed by atoms with van der Waals surface area (Å²) in [5.41, 5.74) is 0.853. The van der Waals surface area contributed by atoms with E-state index in [1.165, 1.54) is 60.4 Å². The fourth-order valence-corrected chi connectivity index (χ4v) is 4.39. The van der Waals surface area contributed by atoms with Gasteiger partial charge in [-0.25, -0.2) is 28.2 Å². The van der Waals surface area contributed by atoms with E-state index in [0.717, 1.165) is 9.25 Å². The van der Waals surface area contributed by atoms with Crippen LogP contribution in [0.4, 0.5) is 29.5 Å². The zero-order valence-corrected chi connectivity index (χ0v) is 21.2. The molecule has 3 heterocycles. The third-order valence-electron chi connectivity index (χ3n) is 6.31. The van der Waals surface area contributed by atoms with E-state index in [9.17, 15) is 23.2 Å². The Morgan fingerprint density at radius 2 is 1.75 bits per heavy atom. The minimum atomic E-state index is -3.19. The lowest BCUT2D eigenvalue weighted by atomic mass is 10.1. The van der Waals surface area contributed by atoms with Gasteiger partial charge in [-0.05, 0) is 42.0 Å². The van der Waals surface area contributed by atoms with Gasteiger partial charge < -0.3 is 10.1 Å². The van der Waals surface area contributed by atoms with Crippen LogP contribution < -0.4 is 25.5 Å². The van der Waals surface area contributed by atoms with Crippen molar-refractivity contribution in [3.05, 3.63) is 82.7 Å². The highest BCUT2D eigenvalue weighted by atomic mass is 19.3. The Balaban J connectivity index is 1.42. The maximum absolute atomic E-state index is 15.7.